The van der Waals surface area contributed by atoms with E-state index in [1.54, 1.807) is 0 Å². The van der Waals surface area contributed by atoms with Crippen molar-refractivity contribution >= 4 is 11.9 Å². The van der Waals surface area contributed by atoms with Crippen LogP contribution in [0.5, 0.6) is 6.01 Å². The fourth-order valence-electron chi connectivity index (χ4n) is 2.65. The van der Waals surface area contributed by atoms with Gasteiger partial charge in [-0.15, -0.1) is 0 Å². The van der Waals surface area contributed by atoms with Crippen LogP contribution < -0.4 is 20.9 Å². The number of nitrogens with two attached hydrogens (primary N) is 1. The number of rotatable bonds is 5. The number of piperidine rings is 1. The van der Waals surface area contributed by atoms with E-state index in [2.05, 4.69) is 25.3 Å². The summed E-state index contributed by atoms with van der Waals surface area (Å²) in [6, 6.07) is 0.300. The highest BCUT2D eigenvalue weighted by Crippen LogP contribution is 2.20. The molecule has 3 N–H and O–H groups in total. The molecule has 21 heavy (non-hydrogen) atoms. The number of nitrogens with one attached hydrogen (secondary N) is 1. The van der Waals surface area contributed by atoms with Gasteiger partial charge >= 0.3 is 6.01 Å². The van der Waals surface area contributed by atoms with E-state index >= 15 is 0 Å². The monoisotopic (exact) mass is 294 g/mol. The smallest absolute Gasteiger partial charge is 0.323 e. The summed E-state index contributed by atoms with van der Waals surface area (Å²) >= 11 is 0. The van der Waals surface area contributed by atoms with Crippen molar-refractivity contribution in [2.45, 2.75) is 38.2 Å². The Hall–Kier alpha value is -1.67. The minimum Gasteiger partial charge on any atom is -0.461 e. The largest absolute Gasteiger partial charge is 0.461 e. The topological polar surface area (TPSA) is 98.4 Å². The summed E-state index contributed by atoms with van der Waals surface area (Å²) in [6.07, 6.45) is 5.80. The molecule has 0 bridgehead atoms. The van der Waals surface area contributed by atoms with E-state index in [1.807, 2.05) is 0 Å². The van der Waals surface area contributed by atoms with Crippen LogP contribution in [0.4, 0.5) is 11.9 Å². The molecule has 3 heterocycles. The molecule has 0 radical (unpaired) electrons. The maximum absolute atomic E-state index is 5.65. The van der Waals surface area contributed by atoms with Crippen LogP contribution in [0.2, 0.25) is 0 Å². The summed E-state index contributed by atoms with van der Waals surface area (Å²) < 4.78 is 11.2. The maximum Gasteiger partial charge on any atom is 0.323 e. The van der Waals surface area contributed by atoms with Crippen molar-refractivity contribution in [1.29, 1.82) is 0 Å². The average molecular weight is 294 g/mol. The molecule has 1 aromatic heterocycles. The van der Waals surface area contributed by atoms with Crippen LogP contribution in [0.1, 0.15) is 32.1 Å². The molecule has 0 spiro atoms. The summed E-state index contributed by atoms with van der Waals surface area (Å²) in [4.78, 5) is 15.0. The fourth-order valence-corrected chi connectivity index (χ4v) is 2.65. The maximum atomic E-state index is 5.65. The number of hydrogen-bond acceptors (Lipinski definition) is 8. The third kappa shape index (κ3) is 3.70. The minimum absolute atomic E-state index is 0.134. The molecule has 1 unspecified atom stereocenters. The first-order chi connectivity index (χ1) is 10.3. The number of anilines is 2. The van der Waals surface area contributed by atoms with Crippen molar-refractivity contribution in [3.05, 3.63) is 0 Å². The van der Waals surface area contributed by atoms with E-state index in [1.165, 1.54) is 6.42 Å². The van der Waals surface area contributed by atoms with E-state index in [9.17, 15) is 0 Å². The molecule has 2 aliphatic rings. The normalized spacial score (nSPS) is 22.3. The Balaban J connectivity index is 1.69. The van der Waals surface area contributed by atoms with Gasteiger partial charge in [-0.25, -0.2) is 5.84 Å². The molecule has 1 atom stereocenters. The molecule has 3 rings (SSSR count). The summed E-state index contributed by atoms with van der Waals surface area (Å²) in [5.74, 6) is 6.39. The van der Waals surface area contributed by atoms with E-state index < -0.39 is 0 Å². The summed E-state index contributed by atoms with van der Waals surface area (Å²) in [5.41, 5.74) is 2.47. The van der Waals surface area contributed by atoms with Crippen molar-refractivity contribution in [1.82, 2.24) is 15.0 Å². The molecular formula is C13H22N6O2. The van der Waals surface area contributed by atoms with Gasteiger partial charge in [0.1, 0.15) is 6.61 Å². The van der Waals surface area contributed by atoms with Crippen molar-refractivity contribution in [2.75, 3.05) is 36.6 Å². The summed E-state index contributed by atoms with van der Waals surface area (Å²) in [5, 5.41) is 0. The quantitative estimate of drug-likeness (QED) is 0.605. The summed E-state index contributed by atoms with van der Waals surface area (Å²) in [7, 11) is 0. The van der Waals surface area contributed by atoms with Crippen molar-refractivity contribution in [3.63, 3.8) is 0 Å². The number of hydrazine groups is 1. The molecule has 1 aromatic rings. The first kappa shape index (κ1) is 14.3. The van der Waals surface area contributed by atoms with Crippen LogP contribution in [0.3, 0.4) is 0 Å². The Bertz CT molecular complexity index is 460. The Morgan fingerprint density at radius 3 is 2.76 bits per heavy atom. The molecule has 116 valence electrons. The van der Waals surface area contributed by atoms with Crippen LogP contribution in [0.15, 0.2) is 0 Å². The second-order valence-electron chi connectivity index (χ2n) is 5.38. The van der Waals surface area contributed by atoms with Crippen LogP contribution >= 0.6 is 0 Å². The molecule has 2 saturated heterocycles. The zero-order valence-electron chi connectivity index (χ0n) is 12.1. The van der Waals surface area contributed by atoms with Crippen molar-refractivity contribution in [2.24, 2.45) is 5.84 Å². The predicted octanol–water partition coefficient (Wildman–Crippen LogP) is 0.705. The zero-order valence-corrected chi connectivity index (χ0v) is 12.1. The predicted molar refractivity (Wildman–Crippen MR) is 78.2 cm³/mol. The van der Waals surface area contributed by atoms with E-state index in [0.29, 0.717) is 24.5 Å². The molecule has 8 nitrogen and oxygen atoms in total. The van der Waals surface area contributed by atoms with Crippen LogP contribution in [-0.2, 0) is 4.74 Å². The third-order valence-electron chi connectivity index (χ3n) is 3.79. The molecule has 2 fully saturated rings. The van der Waals surface area contributed by atoms with Crippen LogP contribution in [0.25, 0.3) is 0 Å². The van der Waals surface area contributed by atoms with Gasteiger partial charge in [0.15, 0.2) is 0 Å². The van der Waals surface area contributed by atoms with Gasteiger partial charge in [-0.05, 0) is 32.1 Å². The highest BCUT2D eigenvalue weighted by Gasteiger charge is 2.19. The Kier molecular flexibility index (Phi) is 4.66. The number of nitrogens with zero attached hydrogens (tertiary/aromatic N) is 4. The van der Waals surface area contributed by atoms with Gasteiger partial charge in [0.25, 0.3) is 0 Å². The second kappa shape index (κ2) is 6.86. The standard InChI is InChI=1S/C13H22N6O2/c14-18-11-15-12(19-6-2-1-3-7-19)17-13(16-11)21-9-10-5-4-8-20-10/h10H,1-9,14H2,(H,15,16,17,18). The van der Waals surface area contributed by atoms with Crippen molar-refractivity contribution in [3.8, 4) is 6.01 Å². The first-order valence-electron chi connectivity index (χ1n) is 7.57. The summed E-state index contributed by atoms with van der Waals surface area (Å²) in [6.45, 7) is 3.19. The lowest BCUT2D eigenvalue weighted by molar-refractivity contribution is 0.0645. The minimum atomic E-state index is 0.134. The second-order valence-corrected chi connectivity index (χ2v) is 5.38. The Labute approximate surface area is 124 Å². The first-order valence-corrected chi connectivity index (χ1v) is 7.57. The van der Waals surface area contributed by atoms with Gasteiger partial charge in [0, 0.05) is 19.7 Å². The molecule has 0 amide bonds. The SMILES string of the molecule is NNc1nc(OCC2CCCO2)nc(N2CCCCC2)n1. The molecule has 0 aromatic carbocycles. The lowest BCUT2D eigenvalue weighted by atomic mass is 10.1. The Morgan fingerprint density at radius 1 is 1.19 bits per heavy atom. The van der Waals surface area contributed by atoms with E-state index in [-0.39, 0.29) is 6.10 Å². The third-order valence-corrected chi connectivity index (χ3v) is 3.79. The number of aromatic nitrogens is 3. The van der Waals surface area contributed by atoms with Gasteiger partial charge in [0.05, 0.1) is 6.10 Å². The molecule has 0 aliphatic carbocycles. The van der Waals surface area contributed by atoms with Crippen molar-refractivity contribution < 1.29 is 9.47 Å². The average Bonchev–Trinajstić information content (AvgIpc) is 3.07. The molecule has 2 aliphatic heterocycles. The molecule has 8 heteroatoms. The number of hydrogen-bond donors (Lipinski definition) is 2. The molecule has 0 saturated carbocycles. The lowest BCUT2D eigenvalue weighted by Crippen LogP contribution is -2.31. The highest BCUT2D eigenvalue weighted by molar-refractivity contribution is 5.38. The van der Waals surface area contributed by atoms with Gasteiger partial charge in [-0.3, -0.25) is 5.43 Å². The molecular weight excluding hydrogens is 272 g/mol. The number of ether oxygens (including phenoxy) is 2. The fraction of sp³-hybridized carbons (Fsp3) is 0.769. The lowest BCUT2D eigenvalue weighted by Gasteiger charge is -2.26. The van der Waals surface area contributed by atoms with E-state index in [4.69, 9.17) is 15.3 Å². The van der Waals surface area contributed by atoms with Gasteiger partial charge in [-0.1, -0.05) is 0 Å². The Morgan fingerprint density at radius 2 is 2.05 bits per heavy atom. The van der Waals surface area contributed by atoms with E-state index in [0.717, 1.165) is 45.4 Å². The van der Waals surface area contributed by atoms with Crippen LogP contribution in [-0.4, -0.2) is 47.4 Å². The zero-order chi connectivity index (χ0) is 14.5. The van der Waals surface area contributed by atoms with Gasteiger partial charge in [-0.2, -0.15) is 15.0 Å². The highest BCUT2D eigenvalue weighted by atomic mass is 16.5. The van der Waals surface area contributed by atoms with Gasteiger partial charge in [0.2, 0.25) is 11.9 Å². The van der Waals surface area contributed by atoms with Crippen LogP contribution in [0, 0.1) is 0 Å². The van der Waals surface area contributed by atoms with Gasteiger partial charge < -0.3 is 14.4 Å². The number of nitrogen functional groups attached to an aromatic ring is 1.